The van der Waals surface area contributed by atoms with Crippen LogP contribution >= 0.6 is 11.8 Å². The summed E-state index contributed by atoms with van der Waals surface area (Å²) in [5.74, 6) is 0.376. The first-order chi connectivity index (χ1) is 17.0. The quantitative estimate of drug-likeness (QED) is 0.507. The number of anilines is 2. The molecule has 2 unspecified atom stereocenters. The molecular weight excluding hydrogens is 464 g/mol. The number of thioether (sulfide) groups is 1. The van der Waals surface area contributed by atoms with Gasteiger partial charge in [0.2, 0.25) is 5.91 Å². The van der Waals surface area contributed by atoms with E-state index in [1.54, 1.807) is 11.0 Å². The SMILES string of the molecule is CC1C(NCCC[C@@H]2CN(c3ccc4c(c3)NC(=O)CS4)C(=O)O2)c2cccc3ccc(=O)n1c23. The van der Waals surface area contributed by atoms with Gasteiger partial charge in [-0.25, -0.2) is 4.79 Å². The first-order valence-corrected chi connectivity index (χ1v) is 12.9. The first kappa shape index (κ1) is 22.2. The zero-order valence-corrected chi connectivity index (χ0v) is 20.1. The molecule has 1 saturated heterocycles. The second-order valence-electron chi connectivity index (χ2n) is 9.27. The van der Waals surface area contributed by atoms with Crippen LogP contribution in [-0.4, -0.2) is 41.5 Å². The van der Waals surface area contributed by atoms with Gasteiger partial charge < -0.3 is 19.9 Å². The number of fused-ring (bicyclic) bond motifs is 1. The number of hydrogen-bond acceptors (Lipinski definition) is 6. The van der Waals surface area contributed by atoms with Gasteiger partial charge >= 0.3 is 6.09 Å². The lowest BCUT2D eigenvalue weighted by molar-refractivity contribution is -0.113. The number of nitrogens with zero attached hydrogens (tertiary/aromatic N) is 2. The molecule has 0 radical (unpaired) electrons. The first-order valence-electron chi connectivity index (χ1n) is 11.9. The van der Waals surface area contributed by atoms with E-state index in [9.17, 15) is 14.4 Å². The monoisotopic (exact) mass is 490 g/mol. The minimum absolute atomic E-state index is 0.0278. The molecule has 9 heteroatoms. The Labute approximate surface area is 206 Å². The predicted octanol–water partition coefficient (Wildman–Crippen LogP) is 4.06. The van der Waals surface area contributed by atoms with Gasteiger partial charge in [-0.1, -0.05) is 18.2 Å². The second kappa shape index (κ2) is 8.73. The summed E-state index contributed by atoms with van der Waals surface area (Å²) >= 11 is 1.50. The zero-order chi connectivity index (χ0) is 24.1. The van der Waals surface area contributed by atoms with Crippen molar-refractivity contribution in [1.82, 2.24) is 9.88 Å². The van der Waals surface area contributed by atoms with Crippen molar-refractivity contribution in [2.24, 2.45) is 0 Å². The van der Waals surface area contributed by atoms with Gasteiger partial charge in [-0.2, -0.15) is 0 Å². The molecule has 180 valence electrons. The van der Waals surface area contributed by atoms with E-state index >= 15 is 0 Å². The van der Waals surface area contributed by atoms with Crippen LogP contribution in [0.4, 0.5) is 16.2 Å². The molecule has 4 heterocycles. The molecule has 3 atom stereocenters. The number of amides is 2. The van der Waals surface area contributed by atoms with Crippen molar-refractivity contribution in [3.8, 4) is 0 Å². The highest BCUT2D eigenvalue weighted by Crippen LogP contribution is 2.39. The molecule has 0 spiro atoms. The van der Waals surface area contributed by atoms with Crippen LogP contribution in [0.2, 0.25) is 0 Å². The molecule has 8 nitrogen and oxygen atoms in total. The van der Waals surface area contributed by atoms with E-state index in [2.05, 4.69) is 23.6 Å². The highest BCUT2D eigenvalue weighted by molar-refractivity contribution is 8.00. The summed E-state index contributed by atoms with van der Waals surface area (Å²) in [5, 5.41) is 7.58. The molecular formula is C26H26N4O4S. The number of hydrogen-bond donors (Lipinski definition) is 2. The van der Waals surface area contributed by atoms with Gasteiger partial charge in [0, 0.05) is 16.6 Å². The van der Waals surface area contributed by atoms with Crippen LogP contribution in [-0.2, 0) is 9.53 Å². The van der Waals surface area contributed by atoms with Crippen molar-refractivity contribution in [2.75, 3.05) is 29.1 Å². The Hall–Kier alpha value is -3.30. The van der Waals surface area contributed by atoms with Crippen molar-refractivity contribution in [3.05, 3.63) is 64.4 Å². The lowest BCUT2D eigenvalue weighted by Gasteiger charge is -2.20. The highest BCUT2D eigenvalue weighted by Gasteiger charge is 2.34. The molecule has 3 aliphatic rings. The molecule has 2 N–H and O–H groups in total. The number of benzene rings is 2. The van der Waals surface area contributed by atoms with Gasteiger partial charge in [-0.3, -0.25) is 14.5 Å². The third-order valence-corrected chi connectivity index (χ3v) is 8.13. The number of nitrogens with one attached hydrogen (secondary N) is 2. The minimum atomic E-state index is -0.358. The Bertz CT molecular complexity index is 1400. The van der Waals surface area contributed by atoms with E-state index in [0.717, 1.165) is 52.1 Å². The maximum Gasteiger partial charge on any atom is 0.414 e. The Morgan fingerprint density at radius 3 is 2.91 bits per heavy atom. The van der Waals surface area contributed by atoms with E-state index in [1.807, 2.05) is 41.0 Å². The largest absolute Gasteiger partial charge is 0.444 e. The number of pyridine rings is 1. The average molecular weight is 491 g/mol. The zero-order valence-electron chi connectivity index (χ0n) is 19.3. The molecule has 3 aliphatic heterocycles. The van der Waals surface area contributed by atoms with Crippen LogP contribution in [0, 0.1) is 0 Å². The summed E-state index contributed by atoms with van der Waals surface area (Å²) in [6.45, 7) is 3.32. The molecule has 0 aliphatic carbocycles. The molecule has 3 aromatic rings. The summed E-state index contributed by atoms with van der Waals surface area (Å²) in [6, 6.07) is 15.5. The van der Waals surface area contributed by atoms with Gasteiger partial charge in [0.1, 0.15) is 6.10 Å². The van der Waals surface area contributed by atoms with Crippen LogP contribution in [0.1, 0.15) is 37.4 Å². The summed E-state index contributed by atoms with van der Waals surface area (Å²) < 4.78 is 7.51. The van der Waals surface area contributed by atoms with Crippen molar-refractivity contribution in [1.29, 1.82) is 0 Å². The molecule has 1 fully saturated rings. The molecule has 2 amide bonds. The summed E-state index contributed by atoms with van der Waals surface area (Å²) in [6.07, 6.45) is 1.04. The van der Waals surface area contributed by atoms with Gasteiger partial charge in [0.25, 0.3) is 5.56 Å². The fourth-order valence-corrected chi connectivity index (χ4v) is 6.19. The van der Waals surface area contributed by atoms with Crippen LogP contribution in [0.25, 0.3) is 10.9 Å². The van der Waals surface area contributed by atoms with E-state index in [1.165, 1.54) is 11.8 Å². The minimum Gasteiger partial charge on any atom is -0.444 e. The van der Waals surface area contributed by atoms with Gasteiger partial charge in [0.15, 0.2) is 0 Å². The van der Waals surface area contributed by atoms with Crippen LogP contribution in [0.15, 0.2) is 58.2 Å². The highest BCUT2D eigenvalue weighted by atomic mass is 32.2. The number of carbonyl (C=O) groups excluding carboxylic acids is 2. The van der Waals surface area contributed by atoms with Crippen molar-refractivity contribution >= 4 is 46.0 Å². The lowest BCUT2D eigenvalue weighted by atomic mass is 10.0. The number of cyclic esters (lactones) is 1. The summed E-state index contributed by atoms with van der Waals surface area (Å²) in [5.41, 5.74) is 3.67. The Morgan fingerprint density at radius 1 is 1.14 bits per heavy atom. The standard InChI is InChI=1S/C26H26N4O4S/c1-15-24(19-6-2-4-16-7-10-23(32)30(15)25(16)19)27-11-3-5-18-13-29(26(33)34-18)17-8-9-21-20(12-17)28-22(31)14-35-21/h2,4,6-10,12,15,18,24,27H,3,5,11,13-14H2,1H3,(H,28,31)/t15?,18-,24?/m1/s1. The lowest BCUT2D eigenvalue weighted by Crippen LogP contribution is -2.29. The van der Waals surface area contributed by atoms with Gasteiger partial charge in [-0.05, 0) is 61.5 Å². The Kier molecular flexibility index (Phi) is 5.53. The van der Waals surface area contributed by atoms with Crippen molar-refractivity contribution < 1.29 is 14.3 Å². The fourth-order valence-electron chi connectivity index (χ4n) is 5.40. The summed E-state index contributed by atoms with van der Waals surface area (Å²) in [4.78, 5) is 39.4. The topological polar surface area (TPSA) is 92.7 Å². The van der Waals surface area contributed by atoms with Crippen molar-refractivity contribution in [3.63, 3.8) is 0 Å². The fraction of sp³-hybridized carbons (Fsp3) is 0.346. The molecule has 2 aromatic carbocycles. The van der Waals surface area contributed by atoms with Crippen LogP contribution in [0.3, 0.4) is 0 Å². The molecule has 6 rings (SSSR count). The maximum absolute atomic E-state index is 12.5. The average Bonchev–Trinajstić information content (AvgIpc) is 3.36. The number of ether oxygens (including phenoxy) is 1. The second-order valence-corrected chi connectivity index (χ2v) is 10.3. The van der Waals surface area contributed by atoms with E-state index < -0.39 is 0 Å². The number of aromatic nitrogens is 1. The molecule has 0 bridgehead atoms. The van der Waals surface area contributed by atoms with Crippen molar-refractivity contribution in [2.45, 2.75) is 42.8 Å². The molecule has 0 saturated carbocycles. The molecule has 35 heavy (non-hydrogen) atoms. The van der Waals surface area contributed by atoms with Gasteiger partial charge in [-0.15, -0.1) is 11.8 Å². The van der Waals surface area contributed by atoms with Crippen LogP contribution in [0.5, 0.6) is 0 Å². The number of carbonyl (C=O) groups is 2. The third kappa shape index (κ3) is 3.88. The van der Waals surface area contributed by atoms with E-state index in [4.69, 9.17) is 4.74 Å². The normalized spacial score (nSPS) is 22.9. The maximum atomic E-state index is 12.5. The predicted molar refractivity (Wildman–Crippen MR) is 136 cm³/mol. The third-order valence-electron chi connectivity index (χ3n) is 7.06. The number of rotatable bonds is 6. The Balaban J connectivity index is 1.07. The van der Waals surface area contributed by atoms with Gasteiger partial charge in [0.05, 0.1) is 35.6 Å². The van der Waals surface area contributed by atoms with Crippen LogP contribution < -0.4 is 21.1 Å². The molecule has 1 aromatic heterocycles. The van der Waals surface area contributed by atoms with E-state index in [0.29, 0.717) is 12.3 Å². The smallest absolute Gasteiger partial charge is 0.414 e. The Morgan fingerprint density at radius 2 is 2.03 bits per heavy atom. The number of para-hydroxylation sites is 1. The summed E-state index contributed by atoms with van der Waals surface area (Å²) in [7, 11) is 0. The van der Waals surface area contributed by atoms with E-state index in [-0.39, 0.29) is 35.7 Å².